The summed E-state index contributed by atoms with van der Waals surface area (Å²) in [6.07, 6.45) is -0.0402. The van der Waals surface area contributed by atoms with E-state index >= 15 is 0 Å². The first-order valence-corrected chi connectivity index (χ1v) is 5.79. The van der Waals surface area contributed by atoms with Crippen LogP contribution in [0.1, 0.15) is 6.23 Å². The number of thioether (sulfide) groups is 1. The van der Waals surface area contributed by atoms with Gasteiger partial charge < -0.3 is 14.9 Å². The van der Waals surface area contributed by atoms with Gasteiger partial charge in [0.25, 0.3) is 5.56 Å². The molecule has 0 radical (unpaired) electrons. The van der Waals surface area contributed by atoms with Crippen LogP contribution in [0.25, 0.3) is 0 Å². The van der Waals surface area contributed by atoms with Crippen LogP contribution < -0.4 is 5.56 Å². The number of aromatic nitrogens is 2. The number of hydrogen-bond acceptors (Lipinski definition) is 6. The van der Waals surface area contributed by atoms with Crippen molar-refractivity contribution >= 4 is 11.8 Å². The Bertz CT molecular complexity index is 477. The molecule has 16 heavy (non-hydrogen) atoms. The lowest BCUT2D eigenvalue weighted by molar-refractivity contribution is -0.0467. The first-order valence-electron chi connectivity index (χ1n) is 4.91. The number of aliphatic hydroxyl groups excluding tert-OH is 2. The topological polar surface area (TPSA) is 84.6 Å². The van der Waals surface area contributed by atoms with Crippen molar-refractivity contribution in [1.82, 2.24) is 9.55 Å². The van der Waals surface area contributed by atoms with Gasteiger partial charge in [0.05, 0.1) is 18.0 Å². The van der Waals surface area contributed by atoms with E-state index < -0.39 is 12.2 Å². The molecule has 2 aliphatic heterocycles. The summed E-state index contributed by atoms with van der Waals surface area (Å²) in [6.45, 7) is -0.211. The molecule has 0 bridgehead atoms. The standard InChI is InChI=1S/C9H10N2O4S/c12-3-4-6(14)7-8(15-4)11-2-1-5(13)10-9(11)16-7/h1-2,4,6-8,12,14H,3H2/t4-,6-,7+,8-/m1/s1. The monoisotopic (exact) mass is 242 g/mol. The zero-order valence-electron chi connectivity index (χ0n) is 8.18. The number of hydrogen-bond donors (Lipinski definition) is 2. The Morgan fingerprint density at radius 1 is 1.62 bits per heavy atom. The molecule has 1 aromatic heterocycles. The van der Waals surface area contributed by atoms with E-state index in [1.807, 2.05) is 0 Å². The third-order valence-corrected chi connectivity index (χ3v) is 4.11. The van der Waals surface area contributed by atoms with Crippen LogP contribution >= 0.6 is 11.8 Å². The van der Waals surface area contributed by atoms with Crippen molar-refractivity contribution in [1.29, 1.82) is 0 Å². The second kappa shape index (κ2) is 3.56. The van der Waals surface area contributed by atoms with Crippen molar-refractivity contribution in [2.75, 3.05) is 6.61 Å². The van der Waals surface area contributed by atoms with Crippen molar-refractivity contribution < 1.29 is 14.9 Å². The average Bonchev–Trinajstić information content (AvgIpc) is 2.75. The summed E-state index contributed by atoms with van der Waals surface area (Å²) in [5, 5.41) is 19.2. The highest BCUT2D eigenvalue weighted by Gasteiger charge is 2.49. The molecule has 0 aromatic carbocycles. The minimum Gasteiger partial charge on any atom is -0.394 e. The number of fused-ring (bicyclic) bond motifs is 3. The summed E-state index contributed by atoms with van der Waals surface area (Å²) in [7, 11) is 0. The van der Waals surface area contributed by atoms with E-state index in [9.17, 15) is 9.90 Å². The van der Waals surface area contributed by atoms with E-state index in [-0.39, 0.29) is 23.6 Å². The highest BCUT2D eigenvalue weighted by molar-refractivity contribution is 8.00. The molecule has 1 fully saturated rings. The zero-order valence-corrected chi connectivity index (χ0v) is 9.00. The van der Waals surface area contributed by atoms with E-state index in [1.165, 1.54) is 17.8 Å². The fraction of sp³-hybridized carbons (Fsp3) is 0.556. The van der Waals surface area contributed by atoms with Gasteiger partial charge in [-0.2, -0.15) is 4.98 Å². The first-order chi connectivity index (χ1) is 7.70. The molecule has 0 unspecified atom stereocenters. The Labute approximate surface area is 94.9 Å². The fourth-order valence-electron chi connectivity index (χ4n) is 2.02. The van der Waals surface area contributed by atoms with Gasteiger partial charge in [0.2, 0.25) is 0 Å². The third kappa shape index (κ3) is 1.32. The van der Waals surface area contributed by atoms with Crippen molar-refractivity contribution in [3.05, 3.63) is 22.6 Å². The van der Waals surface area contributed by atoms with Crippen LogP contribution in [0.5, 0.6) is 0 Å². The van der Waals surface area contributed by atoms with Crippen LogP contribution in [0.3, 0.4) is 0 Å². The van der Waals surface area contributed by atoms with E-state index in [0.717, 1.165) is 0 Å². The predicted octanol–water partition coefficient (Wildman–Crippen LogP) is -1.03. The van der Waals surface area contributed by atoms with Gasteiger partial charge in [0.1, 0.15) is 6.10 Å². The fourth-order valence-corrected chi connectivity index (χ4v) is 3.32. The quantitative estimate of drug-likeness (QED) is 0.612. The molecule has 0 amide bonds. The van der Waals surface area contributed by atoms with Gasteiger partial charge in [-0.3, -0.25) is 9.36 Å². The number of aliphatic hydroxyl groups is 2. The molecule has 7 heteroatoms. The van der Waals surface area contributed by atoms with E-state index in [0.29, 0.717) is 5.16 Å². The van der Waals surface area contributed by atoms with Crippen LogP contribution in [-0.2, 0) is 4.74 Å². The van der Waals surface area contributed by atoms with Crippen LogP contribution in [0.4, 0.5) is 0 Å². The van der Waals surface area contributed by atoms with Gasteiger partial charge in [0.15, 0.2) is 11.4 Å². The zero-order chi connectivity index (χ0) is 11.3. The predicted molar refractivity (Wildman–Crippen MR) is 55.1 cm³/mol. The lowest BCUT2D eigenvalue weighted by Gasteiger charge is -2.13. The normalized spacial score (nSPS) is 36.1. The van der Waals surface area contributed by atoms with Gasteiger partial charge >= 0.3 is 0 Å². The van der Waals surface area contributed by atoms with Crippen molar-refractivity contribution in [2.45, 2.75) is 28.8 Å². The van der Waals surface area contributed by atoms with Gasteiger partial charge in [-0.1, -0.05) is 11.8 Å². The molecule has 1 saturated heterocycles. The molecule has 86 valence electrons. The smallest absolute Gasteiger partial charge is 0.273 e. The molecule has 3 heterocycles. The maximum atomic E-state index is 11.1. The maximum Gasteiger partial charge on any atom is 0.273 e. The van der Waals surface area contributed by atoms with Crippen LogP contribution in [0, 0.1) is 0 Å². The lowest BCUT2D eigenvalue weighted by Crippen LogP contribution is -2.30. The lowest BCUT2D eigenvalue weighted by atomic mass is 10.2. The van der Waals surface area contributed by atoms with Gasteiger partial charge in [-0.25, -0.2) is 0 Å². The Morgan fingerprint density at radius 3 is 3.19 bits per heavy atom. The van der Waals surface area contributed by atoms with E-state index in [4.69, 9.17) is 9.84 Å². The van der Waals surface area contributed by atoms with E-state index in [2.05, 4.69) is 4.98 Å². The summed E-state index contributed by atoms with van der Waals surface area (Å²) in [6, 6.07) is 1.36. The Hall–Kier alpha value is -0.890. The number of rotatable bonds is 1. The molecule has 3 rings (SSSR count). The number of ether oxygens (including phenoxy) is 1. The van der Waals surface area contributed by atoms with Crippen LogP contribution in [0.15, 0.2) is 22.2 Å². The summed E-state index contributed by atoms with van der Waals surface area (Å²) in [5.41, 5.74) is -0.299. The Kier molecular flexibility index (Phi) is 2.28. The van der Waals surface area contributed by atoms with Crippen LogP contribution in [-0.4, -0.2) is 43.8 Å². The molecule has 0 spiro atoms. The average molecular weight is 242 g/mol. The molecular weight excluding hydrogens is 232 g/mol. The minimum absolute atomic E-state index is 0.202. The summed E-state index contributed by atoms with van der Waals surface area (Å²) in [4.78, 5) is 14.9. The molecule has 2 aliphatic rings. The van der Waals surface area contributed by atoms with Gasteiger partial charge in [0, 0.05) is 12.3 Å². The molecule has 6 nitrogen and oxygen atoms in total. The molecule has 4 atom stereocenters. The second-order valence-corrected chi connectivity index (χ2v) is 4.92. The second-order valence-electron chi connectivity index (χ2n) is 3.78. The summed E-state index contributed by atoms with van der Waals surface area (Å²) < 4.78 is 7.23. The van der Waals surface area contributed by atoms with Gasteiger partial charge in [-0.15, -0.1) is 0 Å². The summed E-state index contributed by atoms with van der Waals surface area (Å²) >= 11 is 1.31. The highest BCUT2D eigenvalue weighted by atomic mass is 32.2. The number of nitrogens with zero attached hydrogens (tertiary/aromatic N) is 2. The largest absolute Gasteiger partial charge is 0.394 e. The molecule has 0 saturated carbocycles. The summed E-state index contributed by atoms with van der Waals surface area (Å²) in [5.74, 6) is 0. The SMILES string of the molecule is O=c1ccn2c(n1)S[C@H]1[C@H](O)[C@@H](CO)O[C@H]12. The van der Waals surface area contributed by atoms with Crippen molar-refractivity contribution in [2.24, 2.45) is 0 Å². The molecule has 1 aromatic rings. The first kappa shape index (κ1) is 10.3. The Balaban J connectivity index is 1.99. The third-order valence-electron chi connectivity index (χ3n) is 2.81. The molecule has 0 aliphatic carbocycles. The maximum absolute atomic E-state index is 11.1. The molecule has 2 N–H and O–H groups in total. The highest BCUT2D eigenvalue weighted by Crippen LogP contribution is 2.46. The Morgan fingerprint density at radius 2 is 2.44 bits per heavy atom. The van der Waals surface area contributed by atoms with Crippen molar-refractivity contribution in [3.63, 3.8) is 0 Å². The van der Waals surface area contributed by atoms with Crippen LogP contribution in [0.2, 0.25) is 0 Å². The minimum atomic E-state index is -0.739. The van der Waals surface area contributed by atoms with Crippen molar-refractivity contribution in [3.8, 4) is 0 Å². The van der Waals surface area contributed by atoms with E-state index in [1.54, 1.807) is 10.8 Å². The van der Waals surface area contributed by atoms with Gasteiger partial charge in [-0.05, 0) is 0 Å². The molecular formula is C9H10N2O4S.